The minimum Gasteiger partial charge on any atom is -0.324 e. The lowest BCUT2D eigenvalue weighted by molar-refractivity contribution is -0.123. The van der Waals surface area contributed by atoms with Crippen molar-refractivity contribution in [1.29, 1.82) is 0 Å². The molecule has 0 unspecified atom stereocenters. The number of rotatable bonds is 4. The number of benzene rings is 2. The second-order valence-electron chi connectivity index (χ2n) is 7.48. The van der Waals surface area contributed by atoms with Crippen LogP contribution in [0.25, 0.3) is 0 Å². The van der Waals surface area contributed by atoms with Crippen molar-refractivity contribution >= 4 is 29.1 Å². The van der Waals surface area contributed by atoms with Gasteiger partial charge in [-0.25, -0.2) is 9.29 Å². The molecule has 0 saturated carbocycles. The molecule has 2 aliphatic rings. The molecule has 8 nitrogen and oxygen atoms in total. The van der Waals surface area contributed by atoms with Crippen LogP contribution in [0, 0.1) is 26.6 Å². The van der Waals surface area contributed by atoms with Gasteiger partial charge in [-0.15, -0.1) is 0 Å². The molecule has 0 aromatic heterocycles. The zero-order valence-electron chi connectivity index (χ0n) is 16.7. The smallest absolute Gasteiger partial charge is 0.263 e. The summed E-state index contributed by atoms with van der Waals surface area (Å²) in [6, 6.07) is 7.71. The lowest BCUT2D eigenvalue weighted by Gasteiger charge is -2.20. The van der Waals surface area contributed by atoms with Gasteiger partial charge >= 0.3 is 0 Å². The summed E-state index contributed by atoms with van der Waals surface area (Å²) in [5.41, 5.74) is 3.22. The van der Waals surface area contributed by atoms with Crippen LogP contribution in [0.1, 0.15) is 16.7 Å². The molecule has 154 valence electrons. The van der Waals surface area contributed by atoms with Crippen LogP contribution >= 0.6 is 0 Å². The van der Waals surface area contributed by atoms with Gasteiger partial charge in [0, 0.05) is 5.69 Å². The van der Waals surface area contributed by atoms with Crippen LogP contribution in [-0.4, -0.2) is 41.4 Å². The summed E-state index contributed by atoms with van der Waals surface area (Å²) in [5, 5.41) is 11.5. The van der Waals surface area contributed by atoms with Gasteiger partial charge in [0.05, 0.1) is 5.69 Å². The Morgan fingerprint density at radius 1 is 1.03 bits per heavy atom. The Hall–Kier alpha value is -3.62. The molecule has 4 rings (SSSR count). The van der Waals surface area contributed by atoms with E-state index < -0.39 is 35.6 Å². The third-order valence-corrected chi connectivity index (χ3v) is 5.37. The number of aryl methyl sites for hydroxylation is 3. The van der Waals surface area contributed by atoms with E-state index in [2.05, 4.69) is 15.7 Å². The number of amides is 3. The molecule has 9 heteroatoms. The highest BCUT2D eigenvalue weighted by Crippen LogP contribution is 2.32. The highest BCUT2D eigenvalue weighted by molar-refractivity contribution is 6.25. The summed E-state index contributed by atoms with van der Waals surface area (Å²) < 4.78 is 13.7. The average Bonchev–Trinajstić information content (AvgIpc) is 3.21. The number of nitrogens with zero attached hydrogens (tertiary/aromatic N) is 4. The highest BCUT2D eigenvalue weighted by atomic mass is 19.1. The fourth-order valence-corrected chi connectivity index (χ4v) is 3.49. The molecule has 0 spiro atoms. The second-order valence-corrected chi connectivity index (χ2v) is 7.48. The van der Waals surface area contributed by atoms with Crippen molar-refractivity contribution in [1.82, 2.24) is 5.01 Å². The second kappa shape index (κ2) is 7.33. The largest absolute Gasteiger partial charge is 0.324 e. The monoisotopic (exact) mass is 409 g/mol. The molecule has 1 saturated heterocycles. The van der Waals surface area contributed by atoms with Gasteiger partial charge in [0.15, 0.2) is 12.1 Å². The van der Waals surface area contributed by atoms with Gasteiger partial charge in [0.2, 0.25) is 5.91 Å². The number of imide groups is 1. The standard InChI is InChI=1S/C21H20FN5O3/c1-11-5-7-15(8-13(11)3)27-20(29)18-19(21(27)30)26(25-24-18)10-17(28)23-14-6-4-12(2)16(22)9-14/h4-9,18-19H,10H2,1-3H3,(H,23,28)/t18-,19+/m1/s1. The summed E-state index contributed by atoms with van der Waals surface area (Å²) >= 11 is 0. The normalized spacial score (nSPS) is 20.1. The van der Waals surface area contributed by atoms with Crippen molar-refractivity contribution in [2.24, 2.45) is 10.3 Å². The predicted molar refractivity (Wildman–Crippen MR) is 107 cm³/mol. The van der Waals surface area contributed by atoms with Crippen molar-refractivity contribution in [2.75, 3.05) is 16.8 Å². The molecule has 2 atom stereocenters. The minimum atomic E-state index is -0.983. The van der Waals surface area contributed by atoms with E-state index in [0.29, 0.717) is 16.9 Å². The predicted octanol–water partition coefficient (Wildman–Crippen LogP) is 2.68. The van der Waals surface area contributed by atoms with E-state index in [1.54, 1.807) is 31.2 Å². The van der Waals surface area contributed by atoms with E-state index in [-0.39, 0.29) is 6.54 Å². The molecule has 0 radical (unpaired) electrons. The number of carbonyl (C=O) groups is 3. The zero-order chi connectivity index (χ0) is 21.6. The van der Waals surface area contributed by atoms with E-state index in [1.165, 1.54) is 11.1 Å². The first-order chi connectivity index (χ1) is 14.3. The summed E-state index contributed by atoms with van der Waals surface area (Å²) in [6.45, 7) is 5.17. The zero-order valence-corrected chi connectivity index (χ0v) is 16.7. The molecule has 1 fully saturated rings. The Morgan fingerprint density at radius 2 is 1.77 bits per heavy atom. The van der Waals surface area contributed by atoms with Crippen LogP contribution in [0.5, 0.6) is 0 Å². The van der Waals surface area contributed by atoms with E-state index in [9.17, 15) is 18.8 Å². The molecular formula is C21H20FN5O3. The van der Waals surface area contributed by atoms with Crippen LogP contribution < -0.4 is 10.2 Å². The number of nitrogens with one attached hydrogen (secondary N) is 1. The van der Waals surface area contributed by atoms with Crippen molar-refractivity contribution in [2.45, 2.75) is 32.9 Å². The van der Waals surface area contributed by atoms with Crippen molar-refractivity contribution in [3.05, 3.63) is 58.9 Å². The van der Waals surface area contributed by atoms with Gasteiger partial charge in [-0.05, 0) is 61.7 Å². The van der Waals surface area contributed by atoms with Gasteiger partial charge in [-0.2, -0.15) is 5.11 Å². The van der Waals surface area contributed by atoms with Crippen LogP contribution in [0.2, 0.25) is 0 Å². The number of hydrogen-bond donors (Lipinski definition) is 1. The third-order valence-electron chi connectivity index (χ3n) is 5.37. The first kappa shape index (κ1) is 19.7. The quantitative estimate of drug-likeness (QED) is 0.786. The average molecular weight is 409 g/mol. The van der Waals surface area contributed by atoms with Gasteiger partial charge in [-0.3, -0.25) is 19.4 Å². The molecule has 2 heterocycles. The molecule has 3 amide bonds. The van der Waals surface area contributed by atoms with E-state index in [4.69, 9.17) is 0 Å². The third kappa shape index (κ3) is 3.32. The molecule has 2 aromatic rings. The minimum absolute atomic E-state index is 0.292. The summed E-state index contributed by atoms with van der Waals surface area (Å²) in [5.74, 6) is -1.88. The fraction of sp³-hybridized carbons (Fsp3) is 0.286. The number of fused-ring (bicyclic) bond motifs is 1. The number of anilines is 2. The maximum Gasteiger partial charge on any atom is 0.263 e. The molecule has 1 N–H and O–H groups in total. The Balaban J connectivity index is 1.49. The lowest BCUT2D eigenvalue weighted by Crippen LogP contribution is -2.43. The molecule has 30 heavy (non-hydrogen) atoms. The first-order valence-corrected chi connectivity index (χ1v) is 9.45. The van der Waals surface area contributed by atoms with Crippen LogP contribution in [0.15, 0.2) is 46.7 Å². The molecule has 0 aliphatic carbocycles. The fourth-order valence-electron chi connectivity index (χ4n) is 3.49. The topological polar surface area (TPSA) is 94.4 Å². The van der Waals surface area contributed by atoms with Gasteiger partial charge < -0.3 is 5.32 Å². The van der Waals surface area contributed by atoms with E-state index in [1.807, 2.05) is 19.9 Å². The Kier molecular flexibility index (Phi) is 4.81. The maximum atomic E-state index is 13.7. The van der Waals surface area contributed by atoms with Crippen LogP contribution in [0.3, 0.4) is 0 Å². The van der Waals surface area contributed by atoms with Crippen LogP contribution in [-0.2, 0) is 14.4 Å². The SMILES string of the molecule is Cc1ccc(N2C(=O)[C@@H]3[C@@H](N=NN3CC(=O)Nc3ccc(C)c(F)c3)C2=O)cc1C. The summed E-state index contributed by atoms with van der Waals surface area (Å²) in [7, 11) is 0. The molecular weight excluding hydrogens is 389 g/mol. The number of carbonyl (C=O) groups excluding carboxylic acids is 3. The van der Waals surface area contributed by atoms with Gasteiger partial charge in [0.25, 0.3) is 11.8 Å². The highest BCUT2D eigenvalue weighted by Gasteiger charge is 2.55. The van der Waals surface area contributed by atoms with Crippen molar-refractivity contribution < 1.29 is 18.8 Å². The molecule has 2 aliphatic heterocycles. The lowest BCUT2D eigenvalue weighted by atomic mass is 10.1. The Bertz CT molecular complexity index is 1100. The van der Waals surface area contributed by atoms with E-state index >= 15 is 0 Å². The summed E-state index contributed by atoms with van der Waals surface area (Å²) in [4.78, 5) is 39.2. The summed E-state index contributed by atoms with van der Waals surface area (Å²) in [6.07, 6.45) is 0. The first-order valence-electron chi connectivity index (χ1n) is 9.45. The Morgan fingerprint density at radius 3 is 2.47 bits per heavy atom. The van der Waals surface area contributed by atoms with Gasteiger partial charge in [-0.1, -0.05) is 17.4 Å². The molecule has 0 bridgehead atoms. The van der Waals surface area contributed by atoms with E-state index in [0.717, 1.165) is 16.0 Å². The van der Waals surface area contributed by atoms with Crippen molar-refractivity contribution in [3.8, 4) is 0 Å². The van der Waals surface area contributed by atoms with Crippen LogP contribution in [0.4, 0.5) is 15.8 Å². The van der Waals surface area contributed by atoms with Gasteiger partial charge in [0.1, 0.15) is 12.4 Å². The van der Waals surface area contributed by atoms with Crippen molar-refractivity contribution in [3.63, 3.8) is 0 Å². The Labute approximate surface area is 172 Å². The molecule has 2 aromatic carbocycles. The number of hydrogen-bond acceptors (Lipinski definition) is 6. The number of halogens is 1. The maximum absolute atomic E-state index is 13.7.